The Labute approximate surface area is 199 Å². The maximum atomic E-state index is 14.0. The number of rotatable bonds is 7. The van der Waals surface area contributed by atoms with Gasteiger partial charge >= 0.3 is 5.97 Å². The van der Waals surface area contributed by atoms with Gasteiger partial charge in [-0.25, -0.2) is 13.6 Å². The fourth-order valence-corrected chi connectivity index (χ4v) is 7.11. The molecule has 0 spiro atoms. The molecule has 2 bridgehead atoms. The quantitative estimate of drug-likeness (QED) is 0.450. The summed E-state index contributed by atoms with van der Waals surface area (Å²) in [5.74, 6) is -5.24. The summed E-state index contributed by atoms with van der Waals surface area (Å²) in [4.78, 5) is 26.3. The average Bonchev–Trinajstić information content (AvgIpc) is 3.56. The van der Waals surface area contributed by atoms with Gasteiger partial charge in [0.2, 0.25) is 12.0 Å². The van der Waals surface area contributed by atoms with E-state index in [1.165, 1.54) is 6.26 Å². The largest absolute Gasteiger partial charge is 0.454 e. The lowest BCUT2D eigenvalue weighted by molar-refractivity contribution is -0.965. The van der Waals surface area contributed by atoms with E-state index in [1.807, 2.05) is 0 Å². The highest BCUT2D eigenvalue weighted by atomic mass is 32.1. The lowest BCUT2D eigenvalue weighted by Crippen LogP contribution is -2.67. The summed E-state index contributed by atoms with van der Waals surface area (Å²) >= 11 is 1.15. The highest BCUT2D eigenvalue weighted by Crippen LogP contribution is 2.50. The number of halogens is 2. The fourth-order valence-electron chi connectivity index (χ4n) is 6.22. The van der Waals surface area contributed by atoms with Crippen LogP contribution in [-0.4, -0.2) is 58.3 Å². The standard InChI is InChI=1S/C23H27F2N3O5S/c24-22(25)7-3-15(12-22)23(31,18-2-1-11-34-18)21(30)33-17-13-28(8-4-14(17)5-9-28)19(20(26)29)16-6-10-32-27-16/h1-2,6,10-11,14-15,17,19,31H,3-5,7-9,12-13H2,(H-,26,29)/p+1/t14?,15?,17-,19?,23?,28?/m0/s1. The van der Waals surface area contributed by atoms with E-state index in [4.69, 9.17) is 15.0 Å². The zero-order valence-corrected chi connectivity index (χ0v) is 19.4. The van der Waals surface area contributed by atoms with Gasteiger partial charge in [-0.2, -0.15) is 0 Å². The number of piperidine rings is 3. The topological polar surface area (TPSA) is 116 Å². The van der Waals surface area contributed by atoms with Crippen molar-refractivity contribution in [2.24, 2.45) is 17.6 Å². The van der Waals surface area contributed by atoms with Gasteiger partial charge in [-0.15, -0.1) is 11.3 Å². The Balaban J connectivity index is 1.41. The average molecular weight is 497 g/mol. The van der Waals surface area contributed by atoms with E-state index in [2.05, 4.69) is 5.16 Å². The number of thiophene rings is 1. The summed E-state index contributed by atoms with van der Waals surface area (Å²) in [7, 11) is 0. The SMILES string of the molecule is NC(=O)C(c1ccon1)[N+]12CCC(CC1)[C@@H](OC(=O)C(O)(c1cccs1)C1CCC(F)(F)C1)C2. The van der Waals surface area contributed by atoms with Crippen LogP contribution >= 0.6 is 11.3 Å². The van der Waals surface area contributed by atoms with E-state index in [0.29, 0.717) is 43.0 Å². The number of quaternary nitrogens is 1. The molecule has 3 N–H and O–H groups in total. The predicted molar refractivity (Wildman–Crippen MR) is 116 cm³/mol. The monoisotopic (exact) mass is 496 g/mol. The summed E-state index contributed by atoms with van der Waals surface area (Å²) in [5, 5.41) is 17.2. The number of hydrogen-bond acceptors (Lipinski definition) is 7. The molecular weight excluding hydrogens is 468 g/mol. The van der Waals surface area contributed by atoms with Crippen LogP contribution in [-0.2, 0) is 19.9 Å². The lowest BCUT2D eigenvalue weighted by atomic mass is 9.80. The maximum Gasteiger partial charge on any atom is 0.344 e. The molecule has 6 rings (SSSR count). The van der Waals surface area contributed by atoms with Crippen molar-refractivity contribution in [3.8, 4) is 0 Å². The van der Waals surface area contributed by atoms with Crippen LogP contribution in [0.2, 0.25) is 0 Å². The molecule has 3 aliphatic heterocycles. The minimum Gasteiger partial charge on any atom is -0.454 e. The molecule has 34 heavy (non-hydrogen) atoms. The van der Waals surface area contributed by atoms with Crippen molar-refractivity contribution in [3.63, 3.8) is 0 Å². The number of nitrogens with two attached hydrogens (primary N) is 1. The summed E-state index contributed by atoms with van der Waals surface area (Å²) in [5.41, 5.74) is 4.06. The van der Waals surface area contributed by atoms with Crippen molar-refractivity contribution >= 4 is 23.2 Å². The summed E-state index contributed by atoms with van der Waals surface area (Å²) < 4.78 is 39.2. The molecule has 1 amide bonds. The molecule has 2 aromatic heterocycles. The number of primary amides is 1. The Morgan fingerprint density at radius 3 is 2.65 bits per heavy atom. The van der Waals surface area contributed by atoms with E-state index in [0.717, 1.165) is 11.3 Å². The highest BCUT2D eigenvalue weighted by molar-refractivity contribution is 7.10. The van der Waals surface area contributed by atoms with E-state index in [1.54, 1.807) is 23.6 Å². The summed E-state index contributed by atoms with van der Waals surface area (Å²) in [6.07, 6.45) is 1.31. The van der Waals surface area contributed by atoms with Crippen molar-refractivity contribution in [3.05, 3.63) is 40.4 Å². The number of nitrogens with zero attached hydrogens (tertiary/aromatic N) is 2. The maximum absolute atomic E-state index is 14.0. The lowest BCUT2D eigenvalue weighted by Gasteiger charge is -2.54. The molecule has 0 radical (unpaired) electrons. The number of amides is 1. The summed E-state index contributed by atoms with van der Waals surface area (Å²) in [6.45, 7) is 1.67. The molecule has 11 heteroatoms. The number of carbonyl (C=O) groups excluding carboxylic acids is 2. The Hall–Kier alpha value is -2.37. The van der Waals surface area contributed by atoms with Crippen LogP contribution in [0.5, 0.6) is 0 Å². The van der Waals surface area contributed by atoms with Crippen molar-refractivity contribution in [2.45, 2.75) is 55.8 Å². The number of fused-ring (bicyclic) bond motifs is 3. The first-order valence-electron chi connectivity index (χ1n) is 11.6. The Morgan fingerprint density at radius 2 is 2.09 bits per heavy atom. The molecule has 1 aliphatic carbocycles. The molecule has 184 valence electrons. The van der Waals surface area contributed by atoms with Gasteiger partial charge in [-0.05, 0) is 17.9 Å². The van der Waals surface area contributed by atoms with Crippen molar-refractivity contribution < 1.29 is 37.2 Å². The highest BCUT2D eigenvalue weighted by Gasteiger charge is 2.58. The number of alkyl halides is 2. The molecule has 8 nitrogen and oxygen atoms in total. The van der Waals surface area contributed by atoms with Gasteiger partial charge in [0.25, 0.3) is 5.91 Å². The van der Waals surface area contributed by atoms with Crippen molar-refractivity contribution in [1.82, 2.24) is 5.16 Å². The minimum atomic E-state index is -2.92. The second-order valence-corrected chi connectivity index (χ2v) is 10.8. The molecule has 3 saturated heterocycles. The third-order valence-electron chi connectivity index (χ3n) is 7.98. The van der Waals surface area contributed by atoms with Crippen LogP contribution in [0.1, 0.15) is 48.7 Å². The third-order valence-corrected chi connectivity index (χ3v) is 8.97. The van der Waals surface area contributed by atoms with Crippen LogP contribution in [0, 0.1) is 11.8 Å². The van der Waals surface area contributed by atoms with E-state index in [-0.39, 0.29) is 23.2 Å². The first-order valence-corrected chi connectivity index (χ1v) is 12.4. The normalized spacial score (nSPS) is 32.7. The van der Waals surface area contributed by atoms with E-state index < -0.39 is 47.9 Å². The first kappa shape index (κ1) is 23.4. The second-order valence-electron chi connectivity index (χ2n) is 9.90. The summed E-state index contributed by atoms with van der Waals surface area (Å²) in [6, 6.07) is 4.13. The van der Waals surface area contributed by atoms with Crippen molar-refractivity contribution in [2.75, 3.05) is 19.6 Å². The smallest absolute Gasteiger partial charge is 0.344 e. The molecule has 4 aliphatic rings. The number of aliphatic hydroxyl groups is 1. The third kappa shape index (κ3) is 3.83. The molecule has 4 fully saturated rings. The number of esters is 1. The van der Waals surface area contributed by atoms with Gasteiger partial charge < -0.3 is 24.6 Å². The van der Waals surface area contributed by atoms with E-state index in [9.17, 15) is 23.5 Å². The molecule has 5 heterocycles. The van der Waals surface area contributed by atoms with Crippen LogP contribution in [0.3, 0.4) is 0 Å². The Kier molecular flexibility index (Phi) is 5.77. The van der Waals surface area contributed by atoms with Gasteiger partial charge in [0.1, 0.15) is 12.8 Å². The molecule has 1 saturated carbocycles. The van der Waals surface area contributed by atoms with Gasteiger partial charge in [-0.1, -0.05) is 11.2 Å². The number of ether oxygens (including phenoxy) is 1. The van der Waals surface area contributed by atoms with Crippen LogP contribution < -0.4 is 5.73 Å². The van der Waals surface area contributed by atoms with Crippen LogP contribution in [0.25, 0.3) is 0 Å². The molecule has 0 aromatic carbocycles. The van der Waals surface area contributed by atoms with E-state index >= 15 is 0 Å². The van der Waals surface area contributed by atoms with Gasteiger partial charge in [0.15, 0.2) is 17.4 Å². The minimum absolute atomic E-state index is 0.0283. The number of carbonyl (C=O) groups is 2. The predicted octanol–water partition coefficient (Wildman–Crippen LogP) is 2.74. The van der Waals surface area contributed by atoms with Crippen molar-refractivity contribution in [1.29, 1.82) is 0 Å². The molecular formula is C23H28F2N3O5S+. The molecule has 3 unspecified atom stereocenters. The van der Waals surface area contributed by atoms with Gasteiger partial charge in [0.05, 0.1) is 13.1 Å². The second kappa shape index (κ2) is 8.39. The number of hydrogen-bond donors (Lipinski definition) is 2. The zero-order chi connectivity index (χ0) is 24.1. The Bertz CT molecular complexity index is 1040. The first-order chi connectivity index (χ1) is 16.1. The fraction of sp³-hybridized carbons (Fsp3) is 0.609. The number of aromatic nitrogens is 1. The Morgan fingerprint density at radius 1 is 1.32 bits per heavy atom. The van der Waals surface area contributed by atoms with Gasteiger partial charge in [0, 0.05) is 48.5 Å². The van der Waals surface area contributed by atoms with Gasteiger partial charge in [-0.3, -0.25) is 4.79 Å². The van der Waals surface area contributed by atoms with Crippen LogP contribution in [0.15, 0.2) is 34.4 Å². The zero-order valence-electron chi connectivity index (χ0n) is 18.6. The van der Waals surface area contributed by atoms with Crippen LogP contribution in [0.4, 0.5) is 8.78 Å². The molecule has 2 aromatic rings. The molecule has 4 atom stereocenters.